The maximum Gasteiger partial charge on any atom is 0.335 e. The zero-order valence-corrected chi connectivity index (χ0v) is 11.2. The summed E-state index contributed by atoms with van der Waals surface area (Å²) in [6.45, 7) is 1.72. The minimum Gasteiger partial charge on any atom is -0.478 e. The summed E-state index contributed by atoms with van der Waals surface area (Å²) < 4.78 is 1.78. The Kier molecular flexibility index (Phi) is 2.95. The van der Waals surface area contributed by atoms with Crippen molar-refractivity contribution in [1.29, 1.82) is 5.26 Å². The highest BCUT2D eigenvalue weighted by molar-refractivity contribution is 5.90. The zero-order valence-electron chi connectivity index (χ0n) is 11.2. The summed E-state index contributed by atoms with van der Waals surface area (Å²) in [5.41, 5.74) is 2.17. The summed E-state index contributed by atoms with van der Waals surface area (Å²) in [6, 6.07) is 8.50. The molecule has 6 nitrogen and oxygen atoms in total. The number of hydrogen-bond acceptors (Lipinski definition) is 4. The molecule has 0 spiro atoms. The molecule has 0 saturated carbocycles. The second-order valence-electron chi connectivity index (χ2n) is 4.76. The van der Waals surface area contributed by atoms with E-state index >= 15 is 0 Å². The van der Waals surface area contributed by atoms with Gasteiger partial charge in [0, 0.05) is 18.1 Å². The molecule has 6 heteroatoms. The zero-order chi connectivity index (χ0) is 15.0. The highest BCUT2D eigenvalue weighted by Gasteiger charge is 2.31. The van der Waals surface area contributed by atoms with Crippen molar-refractivity contribution in [2.45, 2.75) is 13.0 Å². The van der Waals surface area contributed by atoms with Gasteiger partial charge in [-0.25, -0.2) is 9.78 Å². The van der Waals surface area contributed by atoms with E-state index in [1.165, 1.54) is 0 Å². The normalized spacial score (nSPS) is 16.9. The minimum absolute atomic E-state index is 0.269. The average molecular weight is 280 g/mol. The van der Waals surface area contributed by atoms with Gasteiger partial charge in [0.15, 0.2) is 0 Å². The summed E-state index contributed by atoms with van der Waals surface area (Å²) in [5, 5.41) is 21.4. The van der Waals surface area contributed by atoms with Gasteiger partial charge in [-0.05, 0) is 24.6 Å². The van der Waals surface area contributed by atoms with Crippen LogP contribution < -0.4 is 5.32 Å². The van der Waals surface area contributed by atoms with Gasteiger partial charge in [0.05, 0.1) is 23.2 Å². The second-order valence-corrected chi connectivity index (χ2v) is 4.76. The average Bonchev–Trinajstić information content (AvgIpc) is 2.93. The molecule has 104 valence electrons. The van der Waals surface area contributed by atoms with Crippen LogP contribution in [0.15, 0.2) is 47.9 Å². The smallest absolute Gasteiger partial charge is 0.335 e. The van der Waals surface area contributed by atoms with Crippen LogP contribution in [0.25, 0.3) is 0 Å². The standard InChI is InChI=1S/C15H12N4O2/c1-9-12(14(20)21)13(19-7-6-17-15(19)18-9)11-4-2-10(8-16)3-5-11/h2-7,13H,1H3,(H,17,18)(H,20,21). The molecule has 0 radical (unpaired) electrons. The van der Waals surface area contributed by atoms with Gasteiger partial charge in [0.2, 0.25) is 5.95 Å². The van der Waals surface area contributed by atoms with Gasteiger partial charge in [0.1, 0.15) is 0 Å². The Balaban J connectivity index is 2.17. The SMILES string of the molecule is CC1=C(C(=O)O)C(c2ccc(C#N)cc2)n2ccnc2N1. The lowest BCUT2D eigenvalue weighted by Gasteiger charge is -2.28. The molecule has 0 fully saturated rings. The third-order valence-electron chi connectivity index (χ3n) is 3.51. The molecule has 1 aliphatic rings. The molecular formula is C15H12N4O2. The molecule has 2 aromatic rings. The number of carbonyl (C=O) groups is 1. The largest absolute Gasteiger partial charge is 0.478 e. The molecule has 3 rings (SSSR count). The Morgan fingerprint density at radius 1 is 1.43 bits per heavy atom. The lowest BCUT2D eigenvalue weighted by molar-refractivity contribution is -0.133. The maximum absolute atomic E-state index is 11.6. The molecule has 1 aromatic heterocycles. The predicted octanol–water partition coefficient (Wildman–Crippen LogP) is 2.13. The predicted molar refractivity (Wildman–Crippen MR) is 75.5 cm³/mol. The van der Waals surface area contributed by atoms with Crippen molar-refractivity contribution in [3.63, 3.8) is 0 Å². The number of allylic oxidation sites excluding steroid dienone is 1. The monoisotopic (exact) mass is 280 g/mol. The molecular weight excluding hydrogens is 268 g/mol. The number of benzene rings is 1. The van der Waals surface area contributed by atoms with Crippen LogP contribution in [0.3, 0.4) is 0 Å². The maximum atomic E-state index is 11.6. The van der Waals surface area contributed by atoms with Crippen molar-refractivity contribution in [2.24, 2.45) is 0 Å². The van der Waals surface area contributed by atoms with E-state index in [9.17, 15) is 9.90 Å². The van der Waals surface area contributed by atoms with Gasteiger partial charge in [-0.15, -0.1) is 0 Å². The van der Waals surface area contributed by atoms with Crippen LogP contribution in [-0.2, 0) is 4.79 Å². The number of aromatic nitrogens is 2. The number of anilines is 1. The fraction of sp³-hybridized carbons (Fsp3) is 0.133. The van der Waals surface area contributed by atoms with Crippen molar-refractivity contribution >= 4 is 11.9 Å². The molecule has 2 N–H and O–H groups in total. The van der Waals surface area contributed by atoms with Gasteiger partial charge in [-0.2, -0.15) is 5.26 Å². The molecule has 0 amide bonds. The first-order valence-corrected chi connectivity index (χ1v) is 6.36. The first-order valence-electron chi connectivity index (χ1n) is 6.36. The third kappa shape index (κ3) is 2.05. The van der Waals surface area contributed by atoms with E-state index < -0.39 is 12.0 Å². The fourth-order valence-electron chi connectivity index (χ4n) is 2.54. The van der Waals surface area contributed by atoms with Crippen LogP contribution in [0.4, 0.5) is 5.95 Å². The molecule has 1 aliphatic heterocycles. The minimum atomic E-state index is -0.978. The number of carboxylic acid groups (broad SMARTS) is 1. The number of nitrogens with zero attached hydrogens (tertiary/aromatic N) is 3. The molecule has 0 aliphatic carbocycles. The number of hydrogen-bond donors (Lipinski definition) is 2. The first kappa shape index (κ1) is 12.9. The number of rotatable bonds is 2. The van der Waals surface area contributed by atoms with E-state index in [1.807, 2.05) is 0 Å². The van der Waals surface area contributed by atoms with Crippen LogP contribution in [0.2, 0.25) is 0 Å². The van der Waals surface area contributed by atoms with Gasteiger partial charge < -0.3 is 15.0 Å². The van der Waals surface area contributed by atoms with Crippen molar-refractivity contribution in [1.82, 2.24) is 9.55 Å². The number of nitriles is 1. The fourth-order valence-corrected chi connectivity index (χ4v) is 2.54. The summed E-state index contributed by atoms with van der Waals surface area (Å²) >= 11 is 0. The number of aliphatic carboxylic acids is 1. The van der Waals surface area contributed by atoms with Gasteiger partial charge in [0.25, 0.3) is 0 Å². The van der Waals surface area contributed by atoms with E-state index in [-0.39, 0.29) is 5.57 Å². The molecule has 0 bridgehead atoms. The van der Waals surface area contributed by atoms with Crippen LogP contribution in [0.1, 0.15) is 24.1 Å². The van der Waals surface area contributed by atoms with E-state index in [0.29, 0.717) is 17.2 Å². The quantitative estimate of drug-likeness (QED) is 0.879. The second kappa shape index (κ2) is 4.80. The molecule has 0 saturated heterocycles. The van der Waals surface area contributed by atoms with Crippen molar-refractivity contribution in [3.8, 4) is 6.07 Å². The highest BCUT2D eigenvalue weighted by atomic mass is 16.4. The van der Waals surface area contributed by atoms with Crippen LogP contribution >= 0.6 is 0 Å². The summed E-state index contributed by atoms with van der Waals surface area (Å²) in [7, 11) is 0. The molecule has 21 heavy (non-hydrogen) atoms. The lowest BCUT2D eigenvalue weighted by atomic mass is 9.95. The topological polar surface area (TPSA) is 90.9 Å². The number of nitrogens with one attached hydrogen (secondary N) is 1. The Hall–Kier alpha value is -3.07. The van der Waals surface area contributed by atoms with Crippen LogP contribution in [0, 0.1) is 11.3 Å². The van der Waals surface area contributed by atoms with Crippen molar-refractivity contribution in [3.05, 3.63) is 59.1 Å². The highest BCUT2D eigenvalue weighted by Crippen LogP contribution is 2.35. The molecule has 1 atom stereocenters. The van der Waals surface area contributed by atoms with Gasteiger partial charge in [-0.1, -0.05) is 12.1 Å². The van der Waals surface area contributed by atoms with Crippen LogP contribution in [0.5, 0.6) is 0 Å². The molecule has 1 aromatic carbocycles. The van der Waals surface area contributed by atoms with E-state index in [0.717, 1.165) is 5.56 Å². The Bertz CT molecular complexity index is 781. The first-order chi connectivity index (χ1) is 10.1. The van der Waals surface area contributed by atoms with Gasteiger partial charge in [-0.3, -0.25) is 0 Å². The number of imidazole rings is 1. The number of carboxylic acids is 1. The Labute approximate surface area is 121 Å². The van der Waals surface area contributed by atoms with E-state index in [2.05, 4.69) is 16.4 Å². The molecule has 2 heterocycles. The Morgan fingerprint density at radius 2 is 2.14 bits per heavy atom. The third-order valence-corrected chi connectivity index (χ3v) is 3.51. The summed E-state index contributed by atoms with van der Waals surface area (Å²) in [6.07, 6.45) is 3.36. The summed E-state index contributed by atoms with van der Waals surface area (Å²) in [5.74, 6) is -0.374. The van der Waals surface area contributed by atoms with E-state index in [4.69, 9.17) is 5.26 Å². The lowest BCUT2D eigenvalue weighted by Crippen LogP contribution is -2.27. The summed E-state index contributed by atoms with van der Waals surface area (Å²) in [4.78, 5) is 15.8. The van der Waals surface area contributed by atoms with Crippen molar-refractivity contribution in [2.75, 3.05) is 5.32 Å². The Morgan fingerprint density at radius 3 is 2.76 bits per heavy atom. The van der Waals surface area contributed by atoms with E-state index in [1.54, 1.807) is 48.1 Å². The van der Waals surface area contributed by atoms with Crippen LogP contribution in [-0.4, -0.2) is 20.6 Å². The number of fused-ring (bicyclic) bond motifs is 1. The van der Waals surface area contributed by atoms with Crippen molar-refractivity contribution < 1.29 is 9.90 Å². The van der Waals surface area contributed by atoms with Gasteiger partial charge >= 0.3 is 5.97 Å². The molecule has 1 unspecified atom stereocenters.